The summed E-state index contributed by atoms with van der Waals surface area (Å²) >= 11 is 0. The highest BCUT2D eigenvalue weighted by Crippen LogP contribution is 2.33. The fourth-order valence-corrected chi connectivity index (χ4v) is 3.56. The molecule has 4 heterocycles. The third kappa shape index (κ3) is 6.20. The zero-order valence-corrected chi connectivity index (χ0v) is 19.5. The molecule has 6 nitrogen and oxygen atoms in total. The first-order valence-electron chi connectivity index (χ1n) is 11.6. The number of aromatic nitrogens is 5. The Labute approximate surface area is 198 Å². The van der Waals surface area contributed by atoms with Crippen molar-refractivity contribution < 1.29 is 13.5 Å². The van der Waals surface area contributed by atoms with Gasteiger partial charge in [-0.15, -0.1) is 0 Å². The normalized spacial score (nSPS) is 15.2. The van der Waals surface area contributed by atoms with Crippen molar-refractivity contribution in [2.75, 3.05) is 13.2 Å². The van der Waals surface area contributed by atoms with Gasteiger partial charge in [0.2, 0.25) is 0 Å². The highest BCUT2D eigenvalue weighted by molar-refractivity contribution is 5.89. The maximum atomic E-state index is 13.9. The van der Waals surface area contributed by atoms with Crippen molar-refractivity contribution in [3.05, 3.63) is 71.9 Å². The van der Waals surface area contributed by atoms with Crippen molar-refractivity contribution in [1.82, 2.24) is 24.7 Å². The van der Waals surface area contributed by atoms with E-state index in [1.807, 2.05) is 37.0 Å². The van der Waals surface area contributed by atoms with Crippen LogP contribution in [0.15, 0.2) is 48.9 Å². The molecule has 6 rings (SSSR count). The lowest BCUT2D eigenvalue weighted by atomic mass is 10.1. The average Bonchev–Trinajstić information content (AvgIpc) is 3.55. The number of nitrogens with zero attached hydrogens (tertiary/aromatic N) is 5. The molecule has 1 saturated carbocycles. The molecule has 2 fully saturated rings. The fraction of sp³-hybridized carbons (Fsp3) is 0.385. The number of aryl methyl sites for hydroxylation is 2. The molecule has 34 heavy (non-hydrogen) atoms. The van der Waals surface area contributed by atoms with Crippen LogP contribution in [0.3, 0.4) is 0 Å². The van der Waals surface area contributed by atoms with Gasteiger partial charge in [0.05, 0.1) is 22.9 Å². The zero-order chi connectivity index (χ0) is 23.9. The lowest BCUT2D eigenvalue weighted by Crippen LogP contribution is -2.03. The van der Waals surface area contributed by atoms with Crippen molar-refractivity contribution >= 4 is 11.0 Å². The van der Waals surface area contributed by atoms with Crippen molar-refractivity contribution in [3.63, 3.8) is 0 Å². The maximum absolute atomic E-state index is 13.9. The summed E-state index contributed by atoms with van der Waals surface area (Å²) in [5.41, 5.74) is 3.32. The van der Waals surface area contributed by atoms with Crippen LogP contribution in [0.4, 0.5) is 8.78 Å². The second kappa shape index (κ2) is 11.2. The molecular weight excluding hydrogens is 436 g/mol. The van der Waals surface area contributed by atoms with Gasteiger partial charge in [0, 0.05) is 43.4 Å². The van der Waals surface area contributed by atoms with Gasteiger partial charge in [-0.1, -0.05) is 0 Å². The van der Waals surface area contributed by atoms with Gasteiger partial charge in [0.1, 0.15) is 22.8 Å². The Morgan fingerprint density at radius 1 is 0.941 bits per heavy atom. The molecule has 0 bridgehead atoms. The van der Waals surface area contributed by atoms with Crippen LogP contribution in [0, 0.1) is 25.5 Å². The Morgan fingerprint density at radius 3 is 2.29 bits per heavy atom. The van der Waals surface area contributed by atoms with E-state index in [0.29, 0.717) is 16.7 Å². The monoisotopic (exact) mass is 465 g/mol. The summed E-state index contributed by atoms with van der Waals surface area (Å²) in [6, 6.07) is 7.84. The van der Waals surface area contributed by atoms with Gasteiger partial charge in [-0.3, -0.25) is 9.67 Å². The molecule has 0 atom stereocenters. The van der Waals surface area contributed by atoms with Gasteiger partial charge < -0.3 is 4.74 Å². The molecule has 178 valence electrons. The summed E-state index contributed by atoms with van der Waals surface area (Å²) in [5.74, 6) is -1.28. The summed E-state index contributed by atoms with van der Waals surface area (Å²) in [6.45, 7) is 5.69. The van der Waals surface area contributed by atoms with Crippen LogP contribution < -0.4 is 0 Å². The summed E-state index contributed by atoms with van der Waals surface area (Å²) < 4.78 is 34.0. The predicted molar refractivity (Wildman–Crippen MR) is 127 cm³/mol. The smallest absolute Gasteiger partial charge is 0.135 e. The highest BCUT2D eigenvalue weighted by Gasteiger charge is 2.22. The lowest BCUT2D eigenvalue weighted by molar-refractivity contribution is 0.0968. The predicted octanol–water partition coefficient (Wildman–Crippen LogP) is 5.99. The van der Waals surface area contributed by atoms with Crippen LogP contribution in [-0.4, -0.2) is 37.9 Å². The van der Waals surface area contributed by atoms with Gasteiger partial charge in [-0.2, -0.15) is 5.10 Å². The maximum Gasteiger partial charge on any atom is 0.135 e. The molecule has 3 aromatic heterocycles. The van der Waals surface area contributed by atoms with Gasteiger partial charge >= 0.3 is 0 Å². The fourth-order valence-electron chi connectivity index (χ4n) is 3.56. The third-order valence-corrected chi connectivity index (χ3v) is 5.70. The van der Waals surface area contributed by atoms with Gasteiger partial charge in [-0.05, 0) is 70.2 Å². The first-order valence-corrected chi connectivity index (χ1v) is 11.6. The van der Waals surface area contributed by atoms with Crippen molar-refractivity contribution in [1.29, 1.82) is 0 Å². The molecule has 0 unspecified atom stereocenters. The number of halogens is 2. The molecule has 0 spiro atoms. The van der Waals surface area contributed by atoms with Crippen molar-refractivity contribution in [3.8, 4) is 11.3 Å². The first-order chi connectivity index (χ1) is 16.5. The highest BCUT2D eigenvalue weighted by atomic mass is 19.1. The van der Waals surface area contributed by atoms with Crippen LogP contribution in [0.25, 0.3) is 22.3 Å². The standard InChI is InChI=1S/C15H11F2N3.C6H8N2.C5H10O/c1-8-9(2)20-15-13(19-8)5-6-18-14(15)11-4-3-10(16)7-12(11)17;1-4-7-8(5-1)6-2-3-6;1-2-4-6-5-3-1/h3-7H,1-2H3;1,4-6H,2-3H2;1-5H2. The number of hydrogen-bond donors (Lipinski definition) is 0. The van der Waals surface area contributed by atoms with Crippen LogP contribution in [0.1, 0.15) is 49.5 Å². The lowest BCUT2D eigenvalue weighted by Gasteiger charge is -2.08. The quantitative estimate of drug-likeness (QED) is 0.364. The van der Waals surface area contributed by atoms with Crippen LogP contribution >= 0.6 is 0 Å². The second-order valence-corrected chi connectivity index (χ2v) is 8.44. The molecular formula is C26H29F2N5O. The number of pyridine rings is 1. The molecule has 0 radical (unpaired) electrons. The number of hydrogen-bond acceptors (Lipinski definition) is 5. The van der Waals surface area contributed by atoms with E-state index in [-0.39, 0.29) is 5.56 Å². The summed E-state index contributed by atoms with van der Waals surface area (Å²) in [6.07, 6.45) is 12.0. The third-order valence-electron chi connectivity index (χ3n) is 5.70. The van der Waals surface area contributed by atoms with E-state index in [1.165, 1.54) is 44.2 Å². The molecule has 1 saturated heterocycles. The largest absolute Gasteiger partial charge is 0.381 e. The molecule has 8 heteroatoms. The molecule has 0 amide bonds. The molecule has 1 aromatic carbocycles. The van der Waals surface area contributed by atoms with Crippen LogP contribution in [-0.2, 0) is 4.74 Å². The first kappa shape index (κ1) is 23.9. The van der Waals surface area contributed by atoms with E-state index in [4.69, 9.17) is 4.74 Å². The Hall–Kier alpha value is -3.26. The number of ether oxygens (including phenoxy) is 1. The summed E-state index contributed by atoms with van der Waals surface area (Å²) in [7, 11) is 0. The average molecular weight is 466 g/mol. The number of benzene rings is 1. The SMILES string of the molecule is C1CCOCC1.Cc1nc2ccnc(-c3ccc(F)cc3F)c2nc1C.c1cnn(C2CC2)c1. The van der Waals surface area contributed by atoms with E-state index in [0.717, 1.165) is 36.7 Å². The summed E-state index contributed by atoms with van der Waals surface area (Å²) in [5, 5.41) is 4.09. The minimum Gasteiger partial charge on any atom is -0.381 e. The molecule has 4 aromatic rings. The van der Waals surface area contributed by atoms with Crippen LogP contribution in [0.2, 0.25) is 0 Å². The summed E-state index contributed by atoms with van der Waals surface area (Å²) in [4.78, 5) is 13.0. The second-order valence-electron chi connectivity index (χ2n) is 8.44. The Balaban J connectivity index is 0.000000158. The zero-order valence-electron chi connectivity index (χ0n) is 19.5. The van der Waals surface area contributed by atoms with Crippen molar-refractivity contribution in [2.45, 2.75) is 52.0 Å². The van der Waals surface area contributed by atoms with Gasteiger partial charge in [-0.25, -0.2) is 18.7 Å². The van der Waals surface area contributed by atoms with Crippen LogP contribution in [0.5, 0.6) is 0 Å². The van der Waals surface area contributed by atoms with E-state index >= 15 is 0 Å². The number of fused-ring (bicyclic) bond motifs is 1. The Kier molecular flexibility index (Phi) is 7.90. The molecule has 1 aliphatic heterocycles. The minimum atomic E-state index is -0.662. The molecule has 2 aliphatic rings. The molecule has 0 N–H and O–H groups in total. The van der Waals surface area contributed by atoms with Crippen molar-refractivity contribution in [2.24, 2.45) is 0 Å². The number of rotatable bonds is 2. The topological polar surface area (TPSA) is 65.7 Å². The van der Waals surface area contributed by atoms with E-state index in [1.54, 1.807) is 12.3 Å². The Bertz CT molecular complexity index is 1210. The van der Waals surface area contributed by atoms with E-state index < -0.39 is 11.6 Å². The molecule has 1 aliphatic carbocycles. The van der Waals surface area contributed by atoms with E-state index in [9.17, 15) is 8.78 Å². The Morgan fingerprint density at radius 2 is 1.71 bits per heavy atom. The van der Waals surface area contributed by atoms with Gasteiger partial charge in [0.15, 0.2) is 0 Å². The van der Waals surface area contributed by atoms with Gasteiger partial charge in [0.25, 0.3) is 0 Å². The minimum absolute atomic E-state index is 0.217. The van der Waals surface area contributed by atoms with E-state index in [2.05, 4.69) is 20.1 Å².